The molecule has 0 spiro atoms. The highest BCUT2D eigenvalue weighted by atomic mass is 32.1. The van der Waals surface area contributed by atoms with E-state index in [-0.39, 0.29) is 30.6 Å². The summed E-state index contributed by atoms with van der Waals surface area (Å²) >= 11 is 1.14. The van der Waals surface area contributed by atoms with Crippen molar-refractivity contribution in [1.82, 2.24) is 4.98 Å². The minimum atomic E-state index is -0.526. The van der Waals surface area contributed by atoms with Gasteiger partial charge in [0.25, 0.3) is 0 Å². The molecule has 0 saturated carbocycles. The first kappa shape index (κ1) is 20.7. The fourth-order valence-electron chi connectivity index (χ4n) is 3.58. The molecule has 1 saturated heterocycles. The molecule has 1 aliphatic heterocycles. The Kier molecular flexibility index (Phi) is 5.81. The van der Waals surface area contributed by atoms with Crippen LogP contribution in [0.5, 0.6) is 5.75 Å². The van der Waals surface area contributed by atoms with Crippen molar-refractivity contribution in [3.05, 3.63) is 59.5 Å². The van der Waals surface area contributed by atoms with Gasteiger partial charge in [0.05, 0.1) is 29.3 Å². The maximum absolute atomic E-state index is 12.9. The molecule has 1 aliphatic rings. The van der Waals surface area contributed by atoms with Crippen LogP contribution in [-0.2, 0) is 9.59 Å². The Balaban J connectivity index is 1.53. The molecule has 0 aliphatic carbocycles. The molecule has 158 valence electrons. The third-order valence-electron chi connectivity index (χ3n) is 5.10. The van der Waals surface area contributed by atoms with Gasteiger partial charge >= 0.3 is 0 Å². The maximum atomic E-state index is 12.9. The number of anilines is 2. The van der Waals surface area contributed by atoms with Crippen LogP contribution in [0.3, 0.4) is 0 Å². The van der Waals surface area contributed by atoms with Gasteiger partial charge in [-0.2, -0.15) is 0 Å². The fourth-order valence-corrected chi connectivity index (χ4v) is 4.47. The Morgan fingerprint density at radius 1 is 1.13 bits per heavy atom. The number of rotatable bonds is 6. The molecule has 31 heavy (non-hydrogen) atoms. The number of benzene rings is 2. The predicted molar refractivity (Wildman–Crippen MR) is 120 cm³/mol. The summed E-state index contributed by atoms with van der Waals surface area (Å²) in [4.78, 5) is 44.1. The number of para-hydroxylation sites is 2. The van der Waals surface area contributed by atoms with Gasteiger partial charge in [0, 0.05) is 25.5 Å². The quantitative estimate of drug-likeness (QED) is 0.591. The minimum absolute atomic E-state index is 0.0976. The number of carbonyl (C=O) groups is 3. The van der Waals surface area contributed by atoms with E-state index in [9.17, 15) is 14.4 Å². The van der Waals surface area contributed by atoms with Crippen LogP contribution < -0.4 is 15.0 Å². The van der Waals surface area contributed by atoms with E-state index in [1.165, 1.54) is 6.92 Å². The van der Waals surface area contributed by atoms with Crippen molar-refractivity contribution in [1.29, 1.82) is 0 Å². The molecule has 4 rings (SSSR count). The Hall–Kier alpha value is -3.52. The van der Waals surface area contributed by atoms with Gasteiger partial charge in [0.1, 0.15) is 5.75 Å². The smallest absolute Gasteiger partial charge is 0.231 e. The summed E-state index contributed by atoms with van der Waals surface area (Å²) < 4.78 is 5.34. The summed E-state index contributed by atoms with van der Waals surface area (Å²) in [6.07, 6.45) is 0.0976. The van der Waals surface area contributed by atoms with Crippen molar-refractivity contribution in [2.45, 2.75) is 13.3 Å². The molecule has 7 nitrogen and oxygen atoms in total. The number of methoxy groups -OCH3 is 1. The third kappa shape index (κ3) is 4.20. The Bertz CT molecular complexity index is 1140. The number of hydrogen-bond donors (Lipinski definition) is 1. The number of nitrogens with zero attached hydrogens (tertiary/aromatic N) is 2. The van der Waals surface area contributed by atoms with Gasteiger partial charge in [0.2, 0.25) is 11.8 Å². The first-order valence-corrected chi connectivity index (χ1v) is 10.6. The molecule has 1 aromatic heterocycles. The number of thiazole rings is 1. The second-order valence-corrected chi connectivity index (χ2v) is 8.18. The van der Waals surface area contributed by atoms with Gasteiger partial charge in [0.15, 0.2) is 10.9 Å². The number of ketones is 1. The average Bonchev–Trinajstić information content (AvgIpc) is 3.38. The lowest BCUT2D eigenvalue weighted by atomic mass is 10.1. The first-order valence-electron chi connectivity index (χ1n) is 9.79. The molecule has 1 atom stereocenters. The Morgan fingerprint density at radius 2 is 1.84 bits per heavy atom. The molecule has 3 aromatic rings. The van der Waals surface area contributed by atoms with Crippen LogP contribution in [0.15, 0.2) is 54.6 Å². The second-order valence-electron chi connectivity index (χ2n) is 7.19. The van der Waals surface area contributed by atoms with Crippen molar-refractivity contribution >= 4 is 39.8 Å². The molecule has 0 radical (unpaired) electrons. The number of nitrogens with one attached hydrogen (secondary N) is 1. The highest BCUT2D eigenvalue weighted by Crippen LogP contribution is 2.34. The van der Waals surface area contributed by atoms with Crippen molar-refractivity contribution in [3.8, 4) is 17.0 Å². The predicted octanol–water partition coefficient (Wildman–Crippen LogP) is 4.01. The topological polar surface area (TPSA) is 88.6 Å². The summed E-state index contributed by atoms with van der Waals surface area (Å²) in [6, 6.07) is 16.6. The highest BCUT2D eigenvalue weighted by Gasteiger charge is 2.36. The minimum Gasteiger partial charge on any atom is -0.495 e. The summed E-state index contributed by atoms with van der Waals surface area (Å²) in [6.45, 7) is 1.73. The van der Waals surface area contributed by atoms with E-state index in [1.807, 2.05) is 42.5 Å². The summed E-state index contributed by atoms with van der Waals surface area (Å²) in [7, 11) is 1.54. The molecule has 2 heterocycles. The molecule has 8 heteroatoms. The molecule has 2 amide bonds. The summed E-state index contributed by atoms with van der Waals surface area (Å²) in [5.74, 6) is -0.500. The Labute approximate surface area is 183 Å². The zero-order valence-corrected chi connectivity index (χ0v) is 17.9. The van der Waals surface area contributed by atoms with E-state index in [1.54, 1.807) is 24.1 Å². The van der Waals surface area contributed by atoms with E-state index in [4.69, 9.17) is 4.74 Å². The highest BCUT2D eigenvalue weighted by molar-refractivity contribution is 7.18. The number of hydrogen-bond acceptors (Lipinski definition) is 6. The van der Waals surface area contributed by atoms with Gasteiger partial charge in [-0.1, -0.05) is 53.8 Å². The number of ether oxygens (including phenoxy) is 1. The van der Waals surface area contributed by atoms with E-state index < -0.39 is 5.92 Å². The SMILES string of the molecule is COc1ccccc1N1CC(C(=O)Nc2nc(-c3ccccc3)c(C(C)=O)s2)CC1=O. The maximum Gasteiger partial charge on any atom is 0.231 e. The molecule has 1 N–H and O–H groups in total. The van der Waals surface area contributed by atoms with E-state index >= 15 is 0 Å². The van der Waals surface area contributed by atoms with Crippen molar-refractivity contribution in [2.24, 2.45) is 5.92 Å². The zero-order chi connectivity index (χ0) is 22.0. The lowest BCUT2D eigenvalue weighted by Gasteiger charge is -2.19. The van der Waals surface area contributed by atoms with Gasteiger partial charge < -0.3 is 15.0 Å². The first-order chi connectivity index (χ1) is 15.0. The number of amides is 2. The molecular formula is C23H21N3O4S. The van der Waals surface area contributed by atoms with Crippen molar-refractivity contribution in [2.75, 3.05) is 23.9 Å². The Morgan fingerprint density at radius 3 is 2.55 bits per heavy atom. The van der Waals surface area contributed by atoms with Crippen LogP contribution in [0.25, 0.3) is 11.3 Å². The second kappa shape index (κ2) is 8.69. The average molecular weight is 436 g/mol. The molecule has 1 fully saturated rings. The van der Waals surface area contributed by atoms with Crippen LogP contribution in [0.4, 0.5) is 10.8 Å². The van der Waals surface area contributed by atoms with Gasteiger partial charge in [-0.15, -0.1) is 0 Å². The van der Waals surface area contributed by atoms with Crippen LogP contribution >= 0.6 is 11.3 Å². The van der Waals surface area contributed by atoms with Crippen molar-refractivity contribution < 1.29 is 19.1 Å². The molecule has 1 unspecified atom stereocenters. The number of aromatic nitrogens is 1. The fraction of sp³-hybridized carbons (Fsp3) is 0.217. The van der Waals surface area contributed by atoms with Crippen LogP contribution in [0.1, 0.15) is 23.0 Å². The van der Waals surface area contributed by atoms with E-state index in [0.29, 0.717) is 27.1 Å². The summed E-state index contributed by atoms with van der Waals surface area (Å²) in [5.41, 5.74) is 2.00. The molecule has 2 aromatic carbocycles. The standard InChI is InChI=1S/C23H21N3O4S/c1-14(27)21-20(15-8-4-3-5-9-15)24-23(31-21)25-22(29)16-12-19(28)26(13-16)17-10-6-7-11-18(17)30-2/h3-11,16H,12-13H2,1-2H3,(H,24,25,29). The van der Waals surface area contributed by atoms with Crippen molar-refractivity contribution in [3.63, 3.8) is 0 Å². The number of carbonyl (C=O) groups excluding carboxylic acids is 3. The van der Waals surface area contributed by atoms with Crippen LogP contribution in [0, 0.1) is 5.92 Å². The van der Waals surface area contributed by atoms with Gasteiger partial charge in [-0.3, -0.25) is 14.4 Å². The summed E-state index contributed by atoms with van der Waals surface area (Å²) in [5, 5.41) is 3.14. The van der Waals surface area contributed by atoms with E-state index in [0.717, 1.165) is 16.9 Å². The molecule has 0 bridgehead atoms. The van der Waals surface area contributed by atoms with Gasteiger partial charge in [-0.05, 0) is 12.1 Å². The lowest BCUT2D eigenvalue weighted by Crippen LogP contribution is -2.28. The van der Waals surface area contributed by atoms with Gasteiger partial charge in [-0.25, -0.2) is 4.98 Å². The van der Waals surface area contributed by atoms with E-state index in [2.05, 4.69) is 10.3 Å². The van der Waals surface area contributed by atoms with Crippen LogP contribution in [0.2, 0.25) is 0 Å². The molecular weight excluding hydrogens is 414 g/mol. The van der Waals surface area contributed by atoms with Crippen LogP contribution in [-0.4, -0.2) is 36.2 Å². The lowest BCUT2D eigenvalue weighted by molar-refractivity contribution is -0.122. The number of Topliss-reactive ketones (excluding diaryl/α,β-unsaturated/α-hetero) is 1. The normalized spacial score (nSPS) is 15.7. The monoisotopic (exact) mass is 435 g/mol. The largest absolute Gasteiger partial charge is 0.495 e. The third-order valence-corrected chi connectivity index (χ3v) is 6.17. The zero-order valence-electron chi connectivity index (χ0n) is 17.1.